The predicted molar refractivity (Wildman–Crippen MR) is 106 cm³/mol. The summed E-state index contributed by atoms with van der Waals surface area (Å²) in [6.45, 7) is 3.07. The number of ether oxygens (including phenoxy) is 1. The number of carbonyl (C=O) groups excluding carboxylic acids is 2. The van der Waals surface area contributed by atoms with Crippen LogP contribution in [0.3, 0.4) is 0 Å². The first-order valence-electron chi connectivity index (χ1n) is 8.86. The summed E-state index contributed by atoms with van der Waals surface area (Å²) < 4.78 is 23.6. The average Bonchev–Trinajstić information content (AvgIpc) is 3.08. The number of nitrogens with zero attached hydrogens (tertiary/aromatic N) is 2. The summed E-state index contributed by atoms with van der Waals surface area (Å²) >= 11 is 6.26. The van der Waals surface area contributed by atoms with Crippen molar-refractivity contribution in [3.8, 4) is 11.3 Å². The average molecular weight is 417 g/mol. The van der Waals surface area contributed by atoms with Crippen LogP contribution < -0.4 is 4.90 Å². The second-order valence-corrected chi connectivity index (χ2v) is 6.52. The number of amides is 1. The SMILES string of the molecule is CCOC(=O)CN(C(=O)c1c(-c2ccccc2Cl)noc1C)c1ccc(F)cc1. The minimum Gasteiger partial charge on any atom is -0.465 e. The summed E-state index contributed by atoms with van der Waals surface area (Å²) in [7, 11) is 0. The van der Waals surface area contributed by atoms with E-state index in [1.165, 1.54) is 29.2 Å². The Labute approximate surface area is 171 Å². The van der Waals surface area contributed by atoms with Crippen LogP contribution >= 0.6 is 11.6 Å². The van der Waals surface area contributed by atoms with Crippen molar-refractivity contribution in [3.63, 3.8) is 0 Å². The van der Waals surface area contributed by atoms with Gasteiger partial charge in [-0.05, 0) is 44.2 Å². The molecule has 150 valence electrons. The Morgan fingerprint density at radius 3 is 2.52 bits per heavy atom. The zero-order valence-electron chi connectivity index (χ0n) is 15.8. The largest absolute Gasteiger partial charge is 0.465 e. The Hall–Kier alpha value is -3.19. The molecule has 8 heteroatoms. The molecule has 0 aliphatic rings. The number of aromatic nitrogens is 1. The van der Waals surface area contributed by atoms with Gasteiger partial charge in [-0.15, -0.1) is 0 Å². The summed E-state index contributed by atoms with van der Waals surface area (Å²) in [6, 6.07) is 12.1. The molecule has 1 amide bonds. The van der Waals surface area contributed by atoms with Gasteiger partial charge in [0, 0.05) is 11.3 Å². The zero-order chi connectivity index (χ0) is 21.0. The van der Waals surface area contributed by atoms with Crippen molar-refractivity contribution in [2.45, 2.75) is 13.8 Å². The maximum atomic E-state index is 13.4. The van der Waals surface area contributed by atoms with Gasteiger partial charge in [0.25, 0.3) is 5.91 Å². The highest BCUT2D eigenvalue weighted by molar-refractivity contribution is 6.33. The lowest BCUT2D eigenvalue weighted by Gasteiger charge is -2.22. The second kappa shape index (κ2) is 8.87. The van der Waals surface area contributed by atoms with Crippen LogP contribution in [-0.4, -0.2) is 30.2 Å². The van der Waals surface area contributed by atoms with Crippen molar-refractivity contribution >= 4 is 29.2 Å². The Kier molecular flexibility index (Phi) is 6.29. The van der Waals surface area contributed by atoms with Gasteiger partial charge in [0.15, 0.2) is 0 Å². The van der Waals surface area contributed by atoms with Crippen molar-refractivity contribution in [2.24, 2.45) is 0 Å². The van der Waals surface area contributed by atoms with Crippen LogP contribution in [0.25, 0.3) is 11.3 Å². The maximum Gasteiger partial charge on any atom is 0.326 e. The zero-order valence-corrected chi connectivity index (χ0v) is 16.6. The third-order valence-corrected chi connectivity index (χ3v) is 4.51. The molecule has 1 aromatic heterocycles. The Morgan fingerprint density at radius 2 is 1.86 bits per heavy atom. The lowest BCUT2D eigenvalue weighted by molar-refractivity contribution is -0.141. The first kappa shape index (κ1) is 20.5. The van der Waals surface area contributed by atoms with Crippen molar-refractivity contribution < 1.29 is 23.2 Å². The molecular weight excluding hydrogens is 399 g/mol. The molecule has 0 aliphatic carbocycles. The van der Waals surface area contributed by atoms with Crippen LogP contribution in [0.15, 0.2) is 53.1 Å². The van der Waals surface area contributed by atoms with Gasteiger partial charge < -0.3 is 9.26 Å². The van der Waals surface area contributed by atoms with Crippen LogP contribution in [0.5, 0.6) is 0 Å². The summed E-state index contributed by atoms with van der Waals surface area (Å²) in [6.07, 6.45) is 0. The molecule has 0 unspecified atom stereocenters. The van der Waals surface area contributed by atoms with Crippen LogP contribution in [0.4, 0.5) is 10.1 Å². The number of aryl methyl sites for hydroxylation is 1. The van der Waals surface area contributed by atoms with Gasteiger partial charge in [0.2, 0.25) is 0 Å². The summed E-state index contributed by atoms with van der Waals surface area (Å²) in [4.78, 5) is 26.7. The van der Waals surface area contributed by atoms with E-state index in [0.29, 0.717) is 16.3 Å². The van der Waals surface area contributed by atoms with Crippen molar-refractivity contribution in [1.29, 1.82) is 0 Å². The minimum absolute atomic E-state index is 0.159. The van der Waals surface area contributed by atoms with Gasteiger partial charge in [0.05, 0.1) is 11.6 Å². The third-order valence-electron chi connectivity index (χ3n) is 4.18. The van der Waals surface area contributed by atoms with Gasteiger partial charge in [-0.1, -0.05) is 35.0 Å². The summed E-state index contributed by atoms with van der Waals surface area (Å²) in [5.74, 6) is -1.34. The normalized spacial score (nSPS) is 10.6. The highest BCUT2D eigenvalue weighted by Gasteiger charge is 2.29. The molecule has 0 spiro atoms. The molecule has 1 heterocycles. The van der Waals surface area contributed by atoms with E-state index < -0.39 is 17.7 Å². The number of benzene rings is 2. The van der Waals surface area contributed by atoms with E-state index in [4.69, 9.17) is 20.9 Å². The van der Waals surface area contributed by atoms with Gasteiger partial charge in [-0.3, -0.25) is 14.5 Å². The van der Waals surface area contributed by atoms with E-state index in [-0.39, 0.29) is 30.2 Å². The lowest BCUT2D eigenvalue weighted by atomic mass is 10.0. The molecule has 0 bridgehead atoms. The van der Waals surface area contributed by atoms with Crippen molar-refractivity contribution in [1.82, 2.24) is 5.16 Å². The summed E-state index contributed by atoms with van der Waals surface area (Å²) in [5.41, 5.74) is 1.26. The van der Waals surface area contributed by atoms with Crippen molar-refractivity contribution in [2.75, 3.05) is 18.1 Å². The van der Waals surface area contributed by atoms with Gasteiger partial charge >= 0.3 is 5.97 Å². The van der Waals surface area contributed by atoms with E-state index in [1.54, 1.807) is 38.1 Å². The Balaban J connectivity index is 2.07. The van der Waals surface area contributed by atoms with E-state index in [9.17, 15) is 14.0 Å². The van der Waals surface area contributed by atoms with E-state index in [1.807, 2.05) is 0 Å². The van der Waals surface area contributed by atoms with Crippen LogP contribution in [0, 0.1) is 12.7 Å². The molecule has 29 heavy (non-hydrogen) atoms. The molecular formula is C21H18ClFN2O4. The first-order valence-corrected chi connectivity index (χ1v) is 9.24. The molecule has 0 N–H and O–H groups in total. The number of esters is 1. The second-order valence-electron chi connectivity index (χ2n) is 6.11. The maximum absolute atomic E-state index is 13.4. The smallest absolute Gasteiger partial charge is 0.326 e. The number of halogens is 2. The fourth-order valence-electron chi connectivity index (χ4n) is 2.83. The van der Waals surface area contributed by atoms with Crippen LogP contribution in [0.1, 0.15) is 23.0 Å². The molecule has 3 rings (SSSR count). The fraction of sp³-hybridized carbons (Fsp3) is 0.190. The topological polar surface area (TPSA) is 72.6 Å². The Bertz CT molecular complexity index is 1030. The standard InChI is InChI=1S/C21H18ClFN2O4/c1-3-28-18(26)12-25(15-10-8-14(23)9-11-15)21(27)19-13(2)29-24-20(19)16-6-4-5-7-17(16)22/h4-11H,3,12H2,1-2H3. The third kappa shape index (κ3) is 4.46. The molecule has 0 saturated carbocycles. The molecule has 2 aromatic carbocycles. The number of hydrogen-bond acceptors (Lipinski definition) is 5. The Morgan fingerprint density at radius 1 is 1.17 bits per heavy atom. The predicted octanol–water partition coefficient (Wildman–Crippen LogP) is 4.65. The monoisotopic (exact) mass is 416 g/mol. The number of anilines is 1. The lowest BCUT2D eigenvalue weighted by Crippen LogP contribution is -2.37. The molecule has 0 aliphatic heterocycles. The minimum atomic E-state index is -0.599. The van der Waals surface area contributed by atoms with Crippen molar-refractivity contribution in [3.05, 3.63) is 70.7 Å². The number of rotatable bonds is 6. The van der Waals surface area contributed by atoms with Gasteiger partial charge in [0.1, 0.15) is 29.4 Å². The quantitative estimate of drug-likeness (QED) is 0.547. The first-order chi connectivity index (χ1) is 13.9. The van der Waals surface area contributed by atoms with E-state index in [0.717, 1.165) is 0 Å². The number of carbonyl (C=O) groups is 2. The van der Waals surface area contributed by atoms with Crippen LogP contribution in [0.2, 0.25) is 5.02 Å². The molecule has 6 nitrogen and oxygen atoms in total. The fourth-order valence-corrected chi connectivity index (χ4v) is 3.06. The van der Waals surface area contributed by atoms with Gasteiger partial charge in [-0.2, -0.15) is 0 Å². The van der Waals surface area contributed by atoms with Crippen LogP contribution in [-0.2, 0) is 9.53 Å². The highest BCUT2D eigenvalue weighted by atomic mass is 35.5. The summed E-state index contributed by atoms with van der Waals surface area (Å²) in [5, 5.41) is 4.39. The van der Waals surface area contributed by atoms with E-state index in [2.05, 4.69) is 5.16 Å². The molecule has 3 aromatic rings. The molecule has 0 atom stereocenters. The number of hydrogen-bond donors (Lipinski definition) is 0. The molecule has 0 fully saturated rings. The molecule has 0 saturated heterocycles. The molecule has 0 radical (unpaired) electrons. The van der Waals surface area contributed by atoms with Gasteiger partial charge in [-0.25, -0.2) is 4.39 Å². The highest BCUT2D eigenvalue weighted by Crippen LogP contribution is 2.32. The van der Waals surface area contributed by atoms with E-state index >= 15 is 0 Å².